The van der Waals surface area contributed by atoms with Gasteiger partial charge in [-0.3, -0.25) is 0 Å². The van der Waals surface area contributed by atoms with Gasteiger partial charge in [0.15, 0.2) is 0 Å². The second kappa shape index (κ2) is 11.1. The van der Waals surface area contributed by atoms with Gasteiger partial charge in [0.05, 0.1) is 22.1 Å². The molecule has 0 saturated carbocycles. The van der Waals surface area contributed by atoms with Crippen LogP contribution in [0.25, 0.3) is 121 Å². The SMILES string of the molecule is c1ccc(-n2c3ccc(-c4ccc5c(c4)c4c6ccccc6ccc4n5-c4cc5c6c(cccc6c4)-c4ccccc4-5)cc3c3ccc4ccccc4c32)cc1. The minimum atomic E-state index is 1.17. The van der Waals surface area contributed by atoms with Crippen LogP contribution in [0.4, 0.5) is 0 Å². The van der Waals surface area contributed by atoms with Gasteiger partial charge in [0, 0.05) is 38.3 Å². The molecule has 12 aromatic rings. The van der Waals surface area contributed by atoms with Crippen LogP contribution >= 0.6 is 0 Å². The summed E-state index contributed by atoms with van der Waals surface area (Å²) in [6.45, 7) is 0. The van der Waals surface area contributed by atoms with E-state index in [2.05, 4.69) is 203 Å². The van der Waals surface area contributed by atoms with Crippen molar-refractivity contribution in [1.82, 2.24) is 9.13 Å². The Kier molecular flexibility index (Phi) is 5.92. The fourth-order valence-electron chi connectivity index (χ4n) is 9.98. The van der Waals surface area contributed by atoms with E-state index in [0.29, 0.717) is 0 Å². The monoisotopic (exact) mass is 708 g/mol. The Balaban J connectivity index is 1.07. The molecule has 0 amide bonds. The fraction of sp³-hybridized carbons (Fsp3) is 0. The molecule has 1 aliphatic rings. The maximum atomic E-state index is 2.49. The van der Waals surface area contributed by atoms with Crippen LogP contribution in [0.15, 0.2) is 194 Å². The second-order valence-corrected chi connectivity index (χ2v) is 15.3. The third-order valence-electron chi connectivity index (χ3n) is 12.4. The lowest BCUT2D eigenvalue weighted by atomic mass is 9.98. The molecule has 2 aromatic heterocycles. The summed E-state index contributed by atoms with van der Waals surface area (Å²) in [5, 5.41) is 12.7. The van der Waals surface area contributed by atoms with Gasteiger partial charge >= 0.3 is 0 Å². The summed E-state index contributed by atoms with van der Waals surface area (Å²) in [6.07, 6.45) is 0. The Morgan fingerprint density at radius 1 is 0.268 bits per heavy atom. The van der Waals surface area contributed by atoms with Crippen molar-refractivity contribution in [1.29, 1.82) is 0 Å². The molecule has 2 heteroatoms. The molecular weight excluding hydrogens is 677 g/mol. The van der Waals surface area contributed by atoms with E-state index in [1.54, 1.807) is 0 Å². The first-order valence-corrected chi connectivity index (χ1v) is 19.4. The van der Waals surface area contributed by atoms with Crippen LogP contribution in [0.2, 0.25) is 0 Å². The lowest BCUT2D eigenvalue weighted by molar-refractivity contribution is 1.19. The Bertz CT molecular complexity index is 3640. The van der Waals surface area contributed by atoms with Crippen LogP contribution in [0.1, 0.15) is 0 Å². The summed E-state index contributed by atoms with van der Waals surface area (Å²) in [7, 11) is 0. The molecule has 2 nitrogen and oxygen atoms in total. The van der Waals surface area contributed by atoms with Gasteiger partial charge in [0.2, 0.25) is 0 Å². The highest BCUT2D eigenvalue weighted by Crippen LogP contribution is 2.49. The summed E-state index contributed by atoms with van der Waals surface area (Å²) >= 11 is 0. The summed E-state index contributed by atoms with van der Waals surface area (Å²) < 4.78 is 4.93. The van der Waals surface area contributed by atoms with E-state index in [4.69, 9.17) is 0 Å². The van der Waals surface area contributed by atoms with Gasteiger partial charge in [-0.25, -0.2) is 0 Å². The Morgan fingerprint density at radius 2 is 0.875 bits per heavy atom. The Labute approximate surface area is 322 Å². The van der Waals surface area contributed by atoms with Gasteiger partial charge in [-0.1, -0.05) is 140 Å². The van der Waals surface area contributed by atoms with Crippen molar-refractivity contribution in [2.24, 2.45) is 0 Å². The smallest absolute Gasteiger partial charge is 0.0619 e. The molecule has 13 rings (SSSR count). The number of aromatic nitrogens is 2. The van der Waals surface area contributed by atoms with Gasteiger partial charge in [0.25, 0.3) is 0 Å². The molecule has 0 bridgehead atoms. The summed E-state index contributed by atoms with van der Waals surface area (Å²) in [5.41, 5.74) is 14.9. The molecule has 0 saturated heterocycles. The first-order valence-electron chi connectivity index (χ1n) is 19.4. The van der Waals surface area contributed by atoms with Crippen molar-refractivity contribution in [3.8, 4) is 44.8 Å². The van der Waals surface area contributed by atoms with Crippen LogP contribution in [0.3, 0.4) is 0 Å². The van der Waals surface area contributed by atoms with E-state index >= 15 is 0 Å². The number of fused-ring (bicyclic) bond motifs is 13. The van der Waals surface area contributed by atoms with Gasteiger partial charge in [-0.05, 0) is 115 Å². The average molecular weight is 709 g/mol. The van der Waals surface area contributed by atoms with Gasteiger partial charge < -0.3 is 9.13 Å². The molecule has 258 valence electrons. The molecule has 2 heterocycles. The molecule has 0 unspecified atom stereocenters. The van der Waals surface area contributed by atoms with Crippen LogP contribution in [0, 0.1) is 0 Å². The molecular formula is C54H32N2. The standard InChI is InChI=1S/C54H32N2/c1-2-14-38(15-3-1)56-49-26-23-35(30-46(49)45-25-21-34-12-5-7-17-41(34)54(45)56)36-24-27-50-48(31-36)53-40-16-6-4-11-33(40)22-28-51(53)55(50)39-29-37-13-10-20-44-42-18-8-9-19-43(42)47(32-39)52(37)44/h1-32H. The quantitative estimate of drug-likeness (QED) is 0.173. The maximum Gasteiger partial charge on any atom is 0.0619 e. The lowest BCUT2D eigenvalue weighted by Crippen LogP contribution is -1.95. The highest BCUT2D eigenvalue weighted by Gasteiger charge is 2.24. The van der Waals surface area contributed by atoms with E-state index in [-0.39, 0.29) is 0 Å². The molecule has 56 heavy (non-hydrogen) atoms. The number of nitrogens with zero attached hydrogens (tertiary/aromatic N) is 2. The average Bonchev–Trinajstić information content (AvgIpc) is 3.90. The normalized spacial score (nSPS) is 12.3. The summed E-state index contributed by atoms with van der Waals surface area (Å²) in [4.78, 5) is 0. The molecule has 0 N–H and O–H groups in total. The largest absolute Gasteiger partial charge is 0.309 e. The zero-order valence-electron chi connectivity index (χ0n) is 30.4. The van der Waals surface area contributed by atoms with Gasteiger partial charge in [-0.15, -0.1) is 0 Å². The predicted octanol–water partition coefficient (Wildman–Crippen LogP) is 14.7. The van der Waals surface area contributed by atoms with Gasteiger partial charge in [-0.2, -0.15) is 0 Å². The first kappa shape index (κ1) is 30.0. The van der Waals surface area contributed by atoms with Crippen molar-refractivity contribution in [2.45, 2.75) is 0 Å². The van der Waals surface area contributed by atoms with Crippen molar-refractivity contribution in [2.75, 3.05) is 0 Å². The molecule has 10 aromatic carbocycles. The van der Waals surface area contributed by atoms with Crippen LogP contribution < -0.4 is 0 Å². The number of hydrogen-bond acceptors (Lipinski definition) is 0. The van der Waals surface area contributed by atoms with E-state index < -0.39 is 0 Å². The number of benzene rings is 10. The third kappa shape index (κ3) is 4.00. The summed E-state index contributed by atoms with van der Waals surface area (Å²) in [5.74, 6) is 0. The maximum absolute atomic E-state index is 2.49. The van der Waals surface area contributed by atoms with Crippen molar-refractivity contribution in [3.05, 3.63) is 194 Å². The second-order valence-electron chi connectivity index (χ2n) is 15.3. The lowest BCUT2D eigenvalue weighted by Gasteiger charge is -2.12. The van der Waals surface area contributed by atoms with Crippen LogP contribution in [0.5, 0.6) is 0 Å². The number of rotatable bonds is 3. The highest BCUT2D eigenvalue weighted by molar-refractivity contribution is 6.23. The van der Waals surface area contributed by atoms with Crippen molar-refractivity contribution < 1.29 is 0 Å². The van der Waals surface area contributed by atoms with E-state index in [9.17, 15) is 0 Å². The highest BCUT2D eigenvalue weighted by atomic mass is 15.0. The first-order chi connectivity index (χ1) is 27.8. The fourth-order valence-corrected chi connectivity index (χ4v) is 9.98. The Hall–Kier alpha value is -7.42. The van der Waals surface area contributed by atoms with Crippen LogP contribution in [-0.2, 0) is 0 Å². The zero-order valence-corrected chi connectivity index (χ0v) is 30.4. The molecule has 0 aliphatic heterocycles. The molecule has 0 spiro atoms. The molecule has 0 atom stereocenters. The minimum absolute atomic E-state index is 1.17. The van der Waals surface area contributed by atoms with Crippen molar-refractivity contribution in [3.63, 3.8) is 0 Å². The number of hydrogen-bond donors (Lipinski definition) is 0. The predicted molar refractivity (Wildman–Crippen MR) is 238 cm³/mol. The summed E-state index contributed by atoms with van der Waals surface area (Å²) in [6, 6.07) is 72.0. The minimum Gasteiger partial charge on any atom is -0.309 e. The third-order valence-corrected chi connectivity index (χ3v) is 12.4. The van der Waals surface area contributed by atoms with Crippen molar-refractivity contribution >= 4 is 75.9 Å². The Morgan fingerprint density at radius 3 is 1.70 bits per heavy atom. The number of para-hydroxylation sites is 1. The van der Waals surface area contributed by atoms with E-state index in [1.807, 2.05) is 0 Å². The molecule has 1 aliphatic carbocycles. The van der Waals surface area contributed by atoms with E-state index in [0.717, 1.165) is 0 Å². The van der Waals surface area contributed by atoms with Crippen LogP contribution in [-0.4, -0.2) is 9.13 Å². The van der Waals surface area contributed by atoms with E-state index in [1.165, 1.54) is 121 Å². The topological polar surface area (TPSA) is 9.86 Å². The zero-order chi connectivity index (χ0) is 36.5. The molecule has 0 fully saturated rings. The molecule has 0 radical (unpaired) electrons. The van der Waals surface area contributed by atoms with Gasteiger partial charge in [0.1, 0.15) is 0 Å².